The van der Waals surface area contributed by atoms with Gasteiger partial charge in [-0.15, -0.1) is 11.8 Å². The highest BCUT2D eigenvalue weighted by Crippen LogP contribution is 2.45. The van der Waals surface area contributed by atoms with Crippen LogP contribution in [0, 0.1) is 13.8 Å². The summed E-state index contributed by atoms with van der Waals surface area (Å²) >= 11 is 1.70. The van der Waals surface area contributed by atoms with Crippen molar-refractivity contribution in [3.63, 3.8) is 0 Å². The van der Waals surface area contributed by atoms with Crippen molar-refractivity contribution in [3.8, 4) is 0 Å². The van der Waals surface area contributed by atoms with E-state index < -0.39 is 0 Å². The van der Waals surface area contributed by atoms with E-state index in [1.807, 2.05) is 47.1 Å². The van der Waals surface area contributed by atoms with E-state index in [9.17, 15) is 9.59 Å². The van der Waals surface area contributed by atoms with E-state index in [1.54, 1.807) is 18.0 Å². The number of likely N-dealkylation sites (tertiary alicyclic amines) is 1. The number of rotatable bonds is 3. The lowest BCUT2D eigenvalue weighted by molar-refractivity contribution is -0.132. The third kappa shape index (κ3) is 3.63. The van der Waals surface area contributed by atoms with E-state index in [2.05, 4.69) is 12.2 Å². The molecule has 2 aromatic rings. The van der Waals surface area contributed by atoms with Crippen molar-refractivity contribution in [1.29, 1.82) is 0 Å². The van der Waals surface area contributed by atoms with Gasteiger partial charge in [-0.3, -0.25) is 4.79 Å². The molecule has 7 heteroatoms. The number of carbonyl (C=O) groups excluding carboxylic acids is 2. The van der Waals surface area contributed by atoms with E-state index in [1.165, 1.54) is 5.56 Å². The summed E-state index contributed by atoms with van der Waals surface area (Å²) in [4.78, 5) is 28.7. The lowest BCUT2D eigenvalue weighted by atomic mass is 10.0. The van der Waals surface area contributed by atoms with Gasteiger partial charge in [-0.2, -0.15) is 0 Å². The number of aryl methyl sites for hydroxylation is 2. The van der Waals surface area contributed by atoms with Crippen molar-refractivity contribution < 1.29 is 14.0 Å². The fourth-order valence-electron chi connectivity index (χ4n) is 3.86. The zero-order valence-electron chi connectivity index (χ0n) is 16.2. The van der Waals surface area contributed by atoms with Gasteiger partial charge in [0.1, 0.15) is 5.76 Å². The van der Waals surface area contributed by atoms with Crippen molar-refractivity contribution >= 4 is 29.4 Å². The first kappa shape index (κ1) is 18.9. The van der Waals surface area contributed by atoms with Crippen LogP contribution in [0.5, 0.6) is 0 Å². The maximum atomic E-state index is 12.7. The number of furan rings is 1. The highest BCUT2D eigenvalue weighted by atomic mass is 32.2. The maximum absolute atomic E-state index is 12.7. The molecule has 0 unspecified atom stereocenters. The summed E-state index contributed by atoms with van der Waals surface area (Å²) in [7, 11) is 0. The average molecular weight is 400 g/mol. The summed E-state index contributed by atoms with van der Waals surface area (Å²) in [5.41, 5.74) is 3.18. The SMILES string of the molecule is Cc1ccc(NC(=O)N2CCC3(CC2)SCC(=O)N3Cc2ccco2)cc1C. The van der Waals surface area contributed by atoms with Crippen molar-refractivity contribution in [2.24, 2.45) is 0 Å². The van der Waals surface area contributed by atoms with E-state index in [0.29, 0.717) is 25.4 Å². The number of amides is 3. The van der Waals surface area contributed by atoms with Gasteiger partial charge in [0.15, 0.2) is 0 Å². The van der Waals surface area contributed by atoms with Crippen LogP contribution in [0.4, 0.5) is 10.5 Å². The Hall–Kier alpha value is -2.41. The van der Waals surface area contributed by atoms with Gasteiger partial charge in [0.05, 0.1) is 23.4 Å². The molecule has 2 aliphatic heterocycles. The number of benzene rings is 1. The Labute approximate surface area is 169 Å². The number of urea groups is 1. The molecule has 0 aliphatic carbocycles. The van der Waals surface area contributed by atoms with Crippen LogP contribution in [0.15, 0.2) is 41.0 Å². The fourth-order valence-corrected chi connectivity index (χ4v) is 5.21. The van der Waals surface area contributed by atoms with Gasteiger partial charge in [-0.1, -0.05) is 6.07 Å². The van der Waals surface area contributed by atoms with Crippen LogP contribution >= 0.6 is 11.8 Å². The number of anilines is 1. The quantitative estimate of drug-likeness (QED) is 0.847. The normalized spacial score (nSPS) is 18.7. The van der Waals surface area contributed by atoms with Gasteiger partial charge in [0.25, 0.3) is 0 Å². The van der Waals surface area contributed by atoms with Crippen LogP contribution in [0.1, 0.15) is 29.7 Å². The van der Waals surface area contributed by atoms with Crippen molar-refractivity contribution in [2.75, 3.05) is 24.2 Å². The van der Waals surface area contributed by atoms with Crippen molar-refractivity contribution in [2.45, 2.75) is 38.1 Å². The summed E-state index contributed by atoms with van der Waals surface area (Å²) < 4.78 is 5.44. The second-order valence-corrected chi connectivity index (χ2v) is 8.85. The molecule has 28 heavy (non-hydrogen) atoms. The Morgan fingerprint density at radius 3 is 2.68 bits per heavy atom. The highest BCUT2D eigenvalue weighted by molar-refractivity contribution is 8.01. The largest absolute Gasteiger partial charge is 0.467 e. The molecular weight excluding hydrogens is 374 g/mol. The molecule has 3 amide bonds. The Morgan fingerprint density at radius 1 is 1.21 bits per heavy atom. The van der Waals surface area contributed by atoms with Crippen molar-refractivity contribution in [1.82, 2.24) is 9.80 Å². The molecule has 1 spiro atoms. The molecule has 2 saturated heterocycles. The van der Waals surface area contributed by atoms with Gasteiger partial charge in [0.2, 0.25) is 5.91 Å². The number of nitrogens with zero attached hydrogens (tertiary/aromatic N) is 2. The standard InChI is InChI=1S/C21H25N3O3S/c1-15-5-6-17(12-16(15)2)22-20(26)23-9-7-21(8-10-23)24(19(25)14-28-21)13-18-4-3-11-27-18/h3-6,11-12H,7-10,13-14H2,1-2H3,(H,22,26). The van der Waals surface area contributed by atoms with Gasteiger partial charge >= 0.3 is 6.03 Å². The van der Waals surface area contributed by atoms with Crippen molar-refractivity contribution in [3.05, 3.63) is 53.5 Å². The monoisotopic (exact) mass is 399 g/mol. The summed E-state index contributed by atoms with van der Waals surface area (Å²) in [6.07, 6.45) is 3.17. The first-order valence-corrected chi connectivity index (χ1v) is 10.6. The number of hydrogen-bond donors (Lipinski definition) is 1. The minimum absolute atomic E-state index is 0.0787. The predicted octanol–water partition coefficient (Wildman–Crippen LogP) is 4.00. The molecule has 1 aromatic heterocycles. The zero-order chi connectivity index (χ0) is 19.7. The van der Waals surface area contributed by atoms with Crippen LogP contribution in [0.25, 0.3) is 0 Å². The first-order chi connectivity index (χ1) is 13.5. The molecular formula is C21H25N3O3S. The van der Waals surface area contributed by atoms with Crippen LogP contribution in [-0.4, -0.2) is 45.5 Å². The van der Waals surface area contributed by atoms with E-state index in [0.717, 1.165) is 29.9 Å². The molecule has 0 atom stereocenters. The summed E-state index contributed by atoms with van der Waals surface area (Å²) in [6.45, 7) is 5.85. The molecule has 4 rings (SSSR count). The second kappa shape index (κ2) is 7.54. The summed E-state index contributed by atoms with van der Waals surface area (Å²) in [6, 6.07) is 9.61. The molecule has 148 valence electrons. The molecule has 1 N–H and O–H groups in total. The first-order valence-electron chi connectivity index (χ1n) is 9.57. The molecule has 0 radical (unpaired) electrons. The smallest absolute Gasteiger partial charge is 0.321 e. The Balaban J connectivity index is 1.39. The maximum Gasteiger partial charge on any atom is 0.321 e. The third-order valence-electron chi connectivity index (χ3n) is 5.74. The molecule has 0 bridgehead atoms. The average Bonchev–Trinajstić information content (AvgIpc) is 3.30. The Morgan fingerprint density at radius 2 is 2.00 bits per heavy atom. The minimum Gasteiger partial charge on any atom is -0.467 e. The molecule has 2 aliphatic rings. The van der Waals surface area contributed by atoms with Gasteiger partial charge < -0.3 is 19.5 Å². The Kier molecular flexibility index (Phi) is 5.10. The number of carbonyl (C=O) groups is 2. The van der Waals surface area contributed by atoms with Crippen LogP contribution in [0.3, 0.4) is 0 Å². The van der Waals surface area contributed by atoms with E-state index in [-0.39, 0.29) is 16.8 Å². The van der Waals surface area contributed by atoms with Gasteiger partial charge in [0, 0.05) is 18.8 Å². The summed E-state index contributed by atoms with van der Waals surface area (Å²) in [5.74, 6) is 1.44. The van der Waals surface area contributed by atoms with Crippen LogP contribution in [-0.2, 0) is 11.3 Å². The molecule has 2 fully saturated rings. The fraction of sp³-hybridized carbons (Fsp3) is 0.429. The number of hydrogen-bond acceptors (Lipinski definition) is 4. The molecule has 0 saturated carbocycles. The van der Waals surface area contributed by atoms with Gasteiger partial charge in [-0.05, 0) is 62.1 Å². The third-order valence-corrected chi connectivity index (χ3v) is 7.30. The topological polar surface area (TPSA) is 65.8 Å². The highest BCUT2D eigenvalue weighted by Gasteiger charge is 2.48. The second-order valence-electron chi connectivity index (χ2n) is 7.51. The number of piperidine rings is 1. The number of thioether (sulfide) groups is 1. The molecule has 3 heterocycles. The zero-order valence-corrected chi connectivity index (χ0v) is 17.1. The summed E-state index contributed by atoms with van der Waals surface area (Å²) in [5, 5.41) is 3.00. The van der Waals surface area contributed by atoms with Gasteiger partial charge in [-0.25, -0.2) is 4.79 Å². The molecule has 1 aromatic carbocycles. The molecule has 6 nitrogen and oxygen atoms in total. The predicted molar refractivity (Wildman–Crippen MR) is 110 cm³/mol. The Bertz CT molecular complexity index is 873. The lowest BCUT2D eigenvalue weighted by Crippen LogP contribution is -2.53. The minimum atomic E-state index is -0.235. The number of nitrogens with one attached hydrogen (secondary N) is 1. The van der Waals surface area contributed by atoms with E-state index >= 15 is 0 Å². The van der Waals surface area contributed by atoms with Crippen LogP contribution in [0.2, 0.25) is 0 Å². The lowest BCUT2D eigenvalue weighted by Gasteiger charge is -2.43. The van der Waals surface area contributed by atoms with E-state index in [4.69, 9.17) is 4.42 Å². The van der Waals surface area contributed by atoms with Crippen LogP contribution < -0.4 is 5.32 Å².